The largest absolute Gasteiger partial charge is 0.497 e. The minimum absolute atomic E-state index is 0.0370. The monoisotopic (exact) mass is 425 g/mol. The molecule has 0 bridgehead atoms. The van der Waals surface area contributed by atoms with E-state index in [0.717, 1.165) is 24.2 Å². The summed E-state index contributed by atoms with van der Waals surface area (Å²) in [6.45, 7) is 0.633. The Bertz CT molecular complexity index is 1120. The number of carbonyl (C=O) groups is 1. The first-order chi connectivity index (χ1) is 14.5. The lowest BCUT2D eigenvalue weighted by molar-refractivity contribution is 0.0701. The zero-order valence-electron chi connectivity index (χ0n) is 16.7. The summed E-state index contributed by atoms with van der Waals surface area (Å²) in [5.74, 6) is 0.671. The zero-order chi connectivity index (χ0) is 21.1. The van der Waals surface area contributed by atoms with Crippen LogP contribution >= 0.6 is 0 Å². The highest BCUT2D eigenvalue weighted by molar-refractivity contribution is 7.90. The first-order valence-corrected chi connectivity index (χ1v) is 11.4. The van der Waals surface area contributed by atoms with Crippen molar-refractivity contribution >= 4 is 15.7 Å². The molecule has 0 radical (unpaired) electrons. The van der Waals surface area contributed by atoms with Crippen molar-refractivity contribution in [3.63, 3.8) is 0 Å². The number of carbonyl (C=O) groups excluding carboxylic acids is 1. The van der Waals surface area contributed by atoms with Crippen LogP contribution in [0.15, 0.2) is 76.0 Å². The summed E-state index contributed by atoms with van der Waals surface area (Å²) in [6.07, 6.45) is 1.77. The van der Waals surface area contributed by atoms with E-state index in [1.807, 2.05) is 24.3 Å². The quantitative estimate of drug-likeness (QED) is 0.590. The number of amides is 1. The van der Waals surface area contributed by atoms with Gasteiger partial charge in [0.2, 0.25) is 0 Å². The Morgan fingerprint density at radius 3 is 2.50 bits per heavy atom. The van der Waals surface area contributed by atoms with Gasteiger partial charge in [0.25, 0.3) is 5.91 Å². The number of furan rings is 1. The first kappa shape index (κ1) is 20.2. The molecule has 2 aromatic carbocycles. The third-order valence-corrected chi connectivity index (χ3v) is 6.98. The number of hydrogen-bond donors (Lipinski definition) is 0. The predicted octanol–water partition coefficient (Wildman–Crippen LogP) is 4.24. The van der Waals surface area contributed by atoms with Crippen LogP contribution in [0, 0.1) is 0 Å². The van der Waals surface area contributed by atoms with E-state index in [4.69, 9.17) is 9.15 Å². The average molecular weight is 426 g/mol. The average Bonchev–Trinajstić information content (AvgIpc) is 3.43. The molecular formula is C23H23NO5S. The fourth-order valence-corrected chi connectivity index (χ4v) is 5.06. The van der Waals surface area contributed by atoms with Crippen LogP contribution in [-0.4, -0.2) is 32.9 Å². The molecule has 1 atom stereocenters. The van der Waals surface area contributed by atoms with Crippen molar-refractivity contribution in [1.29, 1.82) is 0 Å². The van der Waals surface area contributed by atoms with Gasteiger partial charge in [-0.15, -0.1) is 0 Å². The first-order valence-electron chi connectivity index (χ1n) is 9.79. The molecule has 7 heteroatoms. The van der Waals surface area contributed by atoms with Gasteiger partial charge in [0.05, 0.1) is 18.0 Å². The Labute approximate surface area is 176 Å². The Balaban J connectivity index is 1.50. The van der Waals surface area contributed by atoms with Crippen LogP contribution in [0.1, 0.15) is 40.8 Å². The summed E-state index contributed by atoms with van der Waals surface area (Å²) in [4.78, 5) is 15.1. The van der Waals surface area contributed by atoms with E-state index < -0.39 is 9.84 Å². The Kier molecular flexibility index (Phi) is 5.63. The number of hydrogen-bond acceptors (Lipinski definition) is 5. The van der Waals surface area contributed by atoms with Crippen LogP contribution in [-0.2, 0) is 15.6 Å². The molecule has 1 fully saturated rings. The minimum Gasteiger partial charge on any atom is -0.497 e. The second-order valence-electron chi connectivity index (χ2n) is 7.27. The summed E-state index contributed by atoms with van der Waals surface area (Å²) in [5, 5.41) is 0. The number of methoxy groups -OCH3 is 1. The second kappa shape index (κ2) is 8.36. The van der Waals surface area contributed by atoms with Crippen molar-refractivity contribution in [1.82, 2.24) is 4.90 Å². The molecule has 156 valence electrons. The van der Waals surface area contributed by atoms with Crippen molar-refractivity contribution in [2.45, 2.75) is 29.5 Å². The van der Waals surface area contributed by atoms with E-state index in [-0.39, 0.29) is 34.1 Å². The molecule has 1 aromatic heterocycles. The summed E-state index contributed by atoms with van der Waals surface area (Å²) in [7, 11) is -1.92. The van der Waals surface area contributed by atoms with E-state index in [1.54, 1.807) is 54.5 Å². The number of likely N-dealkylation sites (tertiary alicyclic amines) is 1. The molecule has 0 spiro atoms. The van der Waals surface area contributed by atoms with Crippen molar-refractivity contribution < 1.29 is 22.4 Å². The summed E-state index contributed by atoms with van der Waals surface area (Å²) < 4.78 is 36.0. The van der Waals surface area contributed by atoms with E-state index in [0.29, 0.717) is 6.54 Å². The summed E-state index contributed by atoms with van der Waals surface area (Å²) in [6, 6.07) is 19.0. The lowest BCUT2D eigenvalue weighted by atomic mass is 10.0. The Morgan fingerprint density at radius 2 is 1.80 bits per heavy atom. The fraction of sp³-hybridized carbons (Fsp3) is 0.261. The van der Waals surface area contributed by atoms with Gasteiger partial charge in [0.15, 0.2) is 15.6 Å². The molecule has 0 N–H and O–H groups in total. The minimum atomic E-state index is -3.54. The fourth-order valence-electron chi connectivity index (χ4n) is 3.79. The van der Waals surface area contributed by atoms with Crippen LogP contribution in [0.2, 0.25) is 0 Å². The number of ether oxygens (including phenoxy) is 1. The number of nitrogens with zero attached hydrogens (tertiary/aromatic N) is 1. The van der Waals surface area contributed by atoms with Crippen LogP contribution in [0.5, 0.6) is 5.75 Å². The predicted molar refractivity (Wildman–Crippen MR) is 112 cm³/mol. The molecule has 1 saturated heterocycles. The molecule has 0 unspecified atom stereocenters. The summed E-state index contributed by atoms with van der Waals surface area (Å²) >= 11 is 0. The Hall–Kier alpha value is -3.06. The SMILES string of the molecule is COc1ccc([C@H]2CCCN2C(=O)c2ccc(CS(=O)(=O)c3ccccc3)o2)cc1. The normalized spacial score (nSPS) is 16.6. The maximum absolute atomic E-state index is 13.1. The van der Waals surface area contributed by atoms with Crippen molar-refractivity contribution in [2.75, 3.05) is 13.7 Å². The highest BCUT2D eigenvalue weighted by atomic mass is 32.2. The van der Waals surface area contributed by atoms with Crippen LogP contribution in [0.3, 0.4) is 0 Å². The zero-order valence-corrected chi connectivity index (χ0v) is 17.5. The molecule has 0 aliphatic carbocycles. The molecule has 3 aromatic rings. The van der Waals surface area contributed by atoms with Gasteiger partial charge in [-0.1, -0.05) is 30.3 Å². The van der Waals surface area contributed by atoms with Gasteiger partial charge >= 0.3 is 0 Å². The molecule has 30 heavy (non-hydrogen) atoms. The van der Waals surface area contributed by atoms with E-state index >= 15 is 0 Å². The maximum Gasteiger partial charge on any atom is 0.290 e. The smallest absolute Gasteiger partial charge is 0.290 e. The van der Waals surface area contributed by atoms with Gasteiger partial charge in [-0.3, -0.25) is 4.79 Å². The number of benzene rings is 2. The van der Waals surface area contributed by atoms with E-state index in [2.05, 4.69) is 0 Å². The molecule has 2 heterocycles. The second-order valence-corrected chi connectivity index (χ2v) is 9.26. The van der Waals surface area contributed by atoms with Gasteiger partial charge in [-0.2, -0.15) is 0 Å². The highest BCUT2D eigenvalue weighted by Crippen LogP contribution is 2.34. The molecule has 1 aliphatic heterocycles. The van der Waals surface area contributed by atoms with Gasteiger partial charge < -0.3 is 14.1 Å². The van der Waals surface area contributed by atoms with Crippen LogP contribution < -0.4 is 4.74 Å². The lowest BCUT2D eigenvalue weighted by Gasteiger charge is -2.24. The molecule has 0 saturated carbocycles. The topological polar surface area (TPSA) is 76.8 Å². The van der Waals surface area contributed by atoms with E-state index in [9.17, 15) is 13.2 Å². The Morgan fingerprint density at radius 1 is 1.07 bits per heavy atom. The molecule has 4 rings (SSSR count). The van der Waals surface area contributed by atoms with Gasteiger partial charge in [0.1, 0.15) is 17.3 Å². The van der Waals surface area contributed by atoms with Gasteiger partial charge in [-0.25, -0.2) is 8.42 Å². The molecule has 1 amide bonds. The van der Waals surface area contributed by atoms with Crippen LogP contribution in [0.25, 0.3) is 0 Å². The van der Waals surface area contributed by atoms with Crippen LogP contribution in [0.4, 0.5) is 0 Å². The molecular weight excluding hydrogens is 402 g/mol. The lowest BCUT2D eigenvalue weighted by Crippen LogP contribution is -2.30. The third kappa shape index (κ3) is 4.11. The van der Waals surface area contributed by atoms with Crippen molar-refractivity contribution in [2.24, 2.45) is 0 Å². The van der Waals surface area contributed by atoms with Gasteiger partial charge in [-0.05, 0) is 54.8 Å². The van der Waals surface area contributed by atoms with Crippen molar-refractivity contribution in [3.8, 4) is 5.75 Å². The maximum atomic E-state index is 13.1. The third-order valence-electron chi connectivity index (χ3n) is 5.32. The standard InChI is InChI=1S/C23H23NO5S/c1-28-18-11-9-17(10-12-18)21-8-5-15-24(21)23(25)22-14-13-19(29-22)16-30(26,27)20-6-3-2-4-7-20/h2-4,6-7,9-14,21H,5,8,15-16H2,1H3/t21-/m1/s1. The summed E-state index contributed by atoms with van der Waals surface area (Å²) in [5.41, 5.74) is 1.04. The molecule has 6 nitrogen and oxygen atoms in total. The molecule has 1 aliphatic rings. The van der Waals surface area contributed by atoms with E-state index in [1.165, 1.54) is 0 Å². The van der Waals surface area contributed by atoms with Gasteiger partial charge in [0, 0.05) is 6.54 Å². The highest BCUT2D eigenvalue weighted by Gasteiger charge is 2.32. The number of rotatable bonds is 6. The number of sulfone groups is 1. The van der Waals surface area contributed by atoms with Crippen molar-refractivity contribution in [3.05, 3.63) is 83.8 Å².